The number of hydrogen-bond donors (Lipinski definition) is 2. The lowest BCUT2D eigenvalue weighted by atomic mass is 10.2. The molecule has 0 bridgehead atoms. The Morgan fingerprint density at radius 3 is 2.37 bits per heavy atom. The van der Waals surface area contributed by atoms with Gasteiger partial charge in [0, 0.05) is 24.6 Å². The predicted molar refractivity (Wildman–Crippen MR) is 73.0 cm³/mol. The summed E-state index contributed by atoms with van der Waals surface area (Å²) in [5, 5.41) is 5.56. The summed E-state index contributed by atoms with van der Waals surface area (Å²) in [7, 11) is 1.52. The van der Waals surface area contributed by atoms with Crippen LogP contribution in [-0.2, 0) is 6.54 Å². The molecule has 19 heavy (non-hydrogen) atoms. The first-order valence-electron chi connectivity index (χ1n) is 5.66. The van der Waals surface area contributed by atoms with Gasteiger partial charge < -0.3 is 10.6 Å². The average Bonchev–Trinajstić information content (AvgIpc) is 2.34. The maximum absolute atomic E-state index is 12.0. The molecule has 1 aromatic rings. The van der Waals surface area contributed by atoms with Crippen molar-refractivity contribution in [3.63, 3.8) is 0 Å². The van der Waals surface area contributed by atoms with Gasteiger partial charge in [-0.05, 0) is 17.7 Å². The third-order valence-corrected chi connectivity index (χ3v) is 2.83. The SMILES string of the molecule is CN=C(NCCC(F)(F)F)NCc1ccc(Br)cc1. The van der Waals surface area contributed by atoms with E-state index in [2.05, 4.69) is 31.6 Å². The van der Waals surface area contributed by atoms with Gasteiger partial charge in [0.15, 0.2) is 5.96 Å². The molecule has 0 aliphatic rings. The van der Waals surface area contributed by atoms with Gasteiger partial charge >= 0.3 is 6.18 Å². The average molecular weight is 338 g/mol. The molecular weight excluding hydrogens is 323 g/mol. The van der Waals surface area contributed by atoms with Crippen molar-refractivity contribution in [2.24, 2.45) is 4.99 Å². The van der Waals surface area contributed by atoms with Crippen LogP contribution in [0.3, 0.4) is 0 Å². The summed E-state index contributed by atoms with van der Waals surface area (Å²) in [6.07, 6.45) is -5.04. The fourth-order valence-corrected chi connectivity index (χ4v) is 1.60. The highest BCUT2D eigenvalue weighted by atomic mass is 79.9. The zero-order valence-electron chi connectivity index (χ0n) is 10.4. The Labute approximate surface area is 118 Å². The van der Waals surface area contributed by atoms with Crippen LogP contribution >= 0.6 is 15.9 Å². The van der Waals surface area contributed by atoms with Crippen molar-refractivity contribution in [3.8, 4) is 0 Å². The Bertz CT molecular complexity index is 415. The molecule has 0 saturated heterocycles. The number of rotatable bonds is 4. The topological polar surface area (TPSA) is 36.4 Å². The first-order chi connectivity index (χ1) is 8.90. The van der Waals surface area contributed by atoms with Gasteiger partial charge in [-0.3, -0.25) is 4.99 Å². The van der Waals surface area contributed by atoms with E-state index in [1.54, 1.807) is 0 Å². The van der Waals surface area contributed by atoms with Crippen molar-refractivity contribution in [3.05, 3.63) is 34.3 Å². The standard InChI is InChI=1S/C12H15BrF3N3/c1-17-11(18-7-6-12(14,15)16)19-8-9-2-4-10(13)5-3-9/h2-5H,6-8H2,1H3,(H2,17,18,19). The van der Waals surface area contributed by atoms with E-state index in [1.165, 1.54) is 7.05 Å². The lowest BCUT2D eigenvalue weighted by molar-refractivity contribution is -0.132. The first kappa shape index (κ1) is 15.8. The molecule has 0 aliphatic heterocycles. The van der Waals surface area contributed by atoms with E-state index in [-0.39, 0.29) is 6.54 Å². The minimum atomic E-state index is -4.16. The number of aliphatic imine (C=N–C) groups is 1. The number of nitrogens with zero attached hydrogens (tertiary/aromatic N) is 1. The minimum absolute atomic E-state index is 0.191. The lowest BCUT2D eigenvalue weighted by Gasteiger charge is -2.13. The van der Waals surface area contributed by atoms with Crippen LogP contribution in [0.2, 0.25) is 0 Å². The van der Waals surface area contributed by atoms with E-state index in [9.17, 15) is 13.2 Å². The summed E-state index contributed by atoms with van der Waals surface area (Å²) < 4.78 is 37.0. The van der Waals surface area contributed by atoms with Gasteiger partial charge in [0.05, 0.1) is 6.42 Å². The van der Waals surface area contributed by atoms with Crippen molar-refractivity contribution >= 4 is 21.9 Å². The fourth-order valence-electron chi connectivity index (χ4n) is 1.33. The Morgan fingerprint density at radius 2 is 1.84 bits per heavy atom. The van der Waals surface area contributed by atoms with Crippen LogP contribution in [0.15, 0.2) is 33.7 Å². The second-order valence-electron chi connectivity index (χ2n) is 3.84. The molecule has 1 rings (SSSR count). The zero-order valence-corrected chi connectivity index (χ0v) is 12.0. The van der Waals surface area contributed by atoms with Gasteiger partial charge in [-0.1, -0.05) is 28.1 Å². The van der Waals surface area contributed by atoms with E-state index in [4.69, 9.17) is 0 Å². The molecule has 0 heterocycles. The van der Waals surface area contributed by atoms with E-state index >= 15 is 0 Å². The third-order valence-electron chi connectivity index (χ3n) is 2.30. The van der Waals surface area contributed by atoms with E-state index in [1.807, 2.05) is 24.3 Å². The number of alkyl halides is 3. The van der Waals surface area contributed by atoms with Gasteiger partial charge in [-0.2, -0.15) is 13.2 Å². The molecule has 0 atom stereocenters. The van der Waals surface area contributed by atoms with Gasteiger partial charge in [0.1, 0.15) is 0 Å². The summed E-state index contributed by atoms with van der Waals surface area (Å²) in [6.45, 7) is 0.308. The van der Waals surface area contributed by atoms with Gasteiger partial charge in [-0.15, -0.1) is 0 Å². The van der Waals surface area contributed by atoms with Crippen LogP contribution < -0.4 is 10.6 Å². The summed E-state index contributed by atoms with van der Waals surface area (Å²) in [6, 6.07) is 7.63. The minimum Gasteiger partial charge on any atom is -0.356 e. The Kier molecular flexibility index (Phi) is 6.14. The van der Waals surface area contributed by atoms with Gasteiger partial charge in [-0.25, -0.2) is 0 Å². The lowest BCUT2D eigenvalue weighted by Crippen LogP contribution is -2.38. The summed E-state index contributed by atoms with van der Waals surface area (Å²) in [5.74, 6) is 0.354. The monoisotopic (exact) mass is 337 g/mol. The predicted octanol–water partition coefficient (Wildman–Crippen LogP) is 3.07. The molecule has 7 heteroatoms. The van der Waals surface area contributed by atoms with E-state index in [0.29, 0.717) is 12.5 Å². The normalized spacial score (nSPS) is 12.4. The number of guanidine groups is 1. The fraction of sp³-hybridized carbons (Fsp3) is 0.417. The summed E-state index contributed by atoms with van der Waals surface area (Å²) in [4.78, 5) is 3.86. The number of hydrogen-bond acceptors (Lipinski definition) is 1. The molecule has 0 radical (unpaired) electrons. The van der Waals surface area contributed by atoms with Crippen LogP contribution in [0.25, 0.3) is 0 Å². The third kappa shape index (κ3) is 7.05. The van der Waals surface area contributed by atoms with E-state index < -0.39 is 12.6 Å². The Morgan fingerprint density at radius 1 is 1.21 bits per heavy atom. The molecule has 2 N–H and O–H groups in total. The molecular formula is C12H15BrF3N3. The quantitative estimate of drug-likeness (QED) is 0.654. The molecule has 0 aliphatic carbocycles. The first-order valence-corrected chi connectivity index (χ1v) is 6.46. The van der Waals surface area contributed by atoms with Crippen LogP contribution in [0, 0.1) is 0 Å². The van der Waals surface area contributed by atoms with Crippen LogP contribution in [0.4, 0.5) is 13.2 Å². The molecule has 1 aromatic carbocycles. The Balaban J connectivity index is 2.35. The maximum atomic E-state index is 12.0. The van der Waals surface area contributed by atoms with Crippen molar-refractivity contribution in [2.45, 2.75) is 19.1 Å². The van der Waals surface area contributed by atoms with Gasteiger partial charge in [0.25, 0.3) is 0 Å². The molecule has 106 valence electrons. The maximum Gasteiger partial charge on any atom is 0.390 e. The molecule has 3 nitrogen and oxygen atoms in total. The van der Waals surface area contributed by atoms with Crippen molar-refractivity contribution in [1.29, 1.82) is 0 Å². The molecule has 0 spiro atoms. The van der Waals surface area contributed by atoms with Crippen molar-refractivity contribution < 1.29 is 13.2 Å². The highest BCUT2D eigenvalue weighted by molar-refractivity contribution is 9.10. The second kappa shape index (κ2) is 7.37. The number of nitrogens with one attached hydrogen (secondary N) is 2. The Hall–Kier alpha value is -1.24. The number of halogens is 4. The highest BCUT2D eigenvalue weighted by Gasteiger charge is 2.26. The highest BCUT2D eigenvalue weighted by Crippen LogP contribution is 2.18. The van der Waals surface area contributed by atoms with Crippen LogP contribution in [0.5, 0.6) is 0 Å². The van der Waals surface area contributed by atoms with Crippen LogP contribution in [0.1, 0.15) is 12.0 Å². The second-order valence-corrected chi connectivity index (χ2v) is 4.76. The zero-order chi connectivity index (χ0) is 14.3. The summed E-state index contributed by atoms with van der Waals surface area (Å²) in [5.41, 5.74) is 1.02. The van der Waals surface area contributed by atoms with Crippen LogP contribution in [-0.4, -0.2) is 25.7 Å². The van der Waals surface area contributed by atoms with Crippen molar-refractivity contribution in [1.82, 2.24) is 10.6 Å². The smallest absolute Gasteiger partial charge is 0.356 e. The summed E-state index contributed by atoms with van der Waals surface area (Å²) >= 11 is 3.33. The van der Waals surface area contributed by atoms with E-state index in [0.717, 1.165) is 10.0 Å². The van der Waals surface area contributed by atoms with Gasteiger partial charge in [0.2, 0.25) is 0 Å². The molecule has 0 saturated carbocycles. The van der Waals surface area contributed by atoms with Crippen molar-refractivity contribution in [2.75, 3.05) is 13.6 Å². The molecule has 0 fully saturated rings. The number of benzene rings is 1. The molecule has 0 amide bonds. The molecule has 0 unspecified atom stereocenters. The molecule has 0 aromatic heterocycles. The largest absolute Gasteiger partial charge is 0.390 e.